The Kier molecular flexibility index (Phi) is 6.32. The predicted molar refractivity (Wildman–Crippen MR) is 74.8 cm³/mol. The Labute approximate surface area is 116 Å². The van der Waals surface area contributed by atoms with Gasteiger partial charge in [-0.1, -0.05) is 32.6 Å². The van der Waals surface area contributed by atoms with Crippen LogP contribution in [0.4, 0.5) is 0 Å². The van der Waals surface area contributed by atoms with Crippen LogP contribution in [-0.4, -0.2) is 34.5 Å². The lowest BCUT2D eigenvalue weighted by molar-refractivity contribution is -0.140. The van der Waals surface area contributed by atoms with Crippen LogP contribution in [0, 0.1) is 11.8 Å². The van der Waals surface area contributed by atoms with E-state index in [0.717, 1.165) is 6.42 Å². The van der Waals surface area contributed by atoms with Gasteiger partial charge in [-0.05, 0) is 26.2 Å². The molecule has 110 valence electrons. The number of carbonyl (C=O) groups excluding carboxylic acids is 1. The molecule has 0 radical (unpaired) electrons. The van der Waals surface area contributed by atoms with Gasteiger partial charge in [0.15, 0.2) is 0 Å². The van der Waals surface area contributed by atoms with Crippen molar-refractivity contribution in [2.45, 2.75) is 65.3 Å². The molecule has 1 fully saturated rings. The first-order valence-corrected chi connectivity index (χ1v) is 7.44. The molecule has 1 unspecified atom stereocenters. The van der Waals surface area contributed by atoms with Crippen LogP contribution in [0.15, 0.2) is 0 Å². The number of carbonyl (C=O) groups is 2. The van der Waals surface area contributed by atoms with Crippen LogP contribution in [-0.2, 0) is 9.59 Å². The fourth-order valence-corrected chi connectivity index (χ4v) is 2.97. The van der Waals surface area contributed by atoms with Crippen LogP contribution in [0.2, 0.25) is 0 Å². The second-order valence-electron chi connectivity index (χ2n) is 6.06. The summed E-state index contributed by atoms with van der Waals surface area (Å²) in [5.41, 5.74) is 0. The van der Waals surface area contributed by atoms with Crippen LogP contribution >= 0.6 is 0 Å². The monoisotopic (exact) mass is 269 g/mol. The number of nitrogens with zero attached hydrogens (tertiary/aromatic N) is 1. The molecule has 0 aromatic heterocycles. The summed E-state index contributed by atoms with van der Waals surface area (Å²) in [6, 6.07) is 0.0675. The Bertz CT molecular complexity index is 309. The first kappa shape index (κ1) is 16.0. The Morgan fingerprint density at radius 1 is 1.21 bits per heavy atom. The highest BCUT2D eigenvalue weighted by Gasteiger charge is 2.26. The summed E-state index contributed by atoms with van der Waals surface area (Å²) >= 11 is 0. The largest absolute Gasteiger partial charge is 0.481 e. The Balaban J connectivity index is 2.51. The van der Waals surface area contributed by atoms with Crippen molar-refractivity contribution >= 4 is 11.9 Å². The quantitative estimate of drug-likeness (QED) is 0.773. The van der Waals surface area contributed by atoms with Gasteiger partial charge in [-0.2, -0.15) is 0 Å². The van der Waals surface area contributed by atoms with Gasteiger partial charge in [-0.3, -0.25) is 9.59 Å². The number of rotatable bonds is 7. The highest BCUT2D eigenvalue weighted by Crippen LogP contribution is 2.31. The molecule has 1 atom stereocenters. The Morgan fingerprint density at radius 3 is 2.26 bits per heavy atom. The average Bonchev–Trinajstić information content (AvgIpc) is 2.80. The summed E-state index contributed by atoms with van der Waals surface area (Å²) in [6.45, 7) is 6.20. The molecule has 1 N–H and O–H groups in total. The molecule has 19 heavy (non-hydrogen) atoms. The molecular formula is C15H27NO3. The number of amides is 1. The molecular weight excluding hydrogens is 242 g/mol. The Morgan fingerprint density at radius 2 is 1.79 bits per heavy atom. The molecule has 0 saturated heterocycles. The van der Waals surface area contributed by atoms with Crippen molar-refractivity contribution in [1.82, 2.24) is 4.90 Å². The van der Waals surface area contributed by atoms with E-state index in [9.17, 15) is 9.59 Å². The first-order valence-electron chi connectivity index (χ1n) is 7.44. The van der Waals surface area contributed by atoms with Crippen molar-refractivity contribution in [2.24, 2.45) is 11.8 Å². The normalized spacial score (nSPS) is 17.7. The van der Waals surface area contributed by atoms with Crippen molar-refractivity contribution < 1.29 is 14.7 Å². The molecule has 0 spiro atoms. The van der Waals surface area contributed by atoms with E-state index in [2.05, 4.69) is 0 Å². The number of aliphatic carboxylic acids is 1. The predicted octanol–water partition coefficient (Wildman–Crippen LogP) is 2.91. The second kappa shape index (κ2) is 7.51. The zero-order chi connectivity index (χ0) is 14.4. The van der Waals surface area contributed by atoms with E-state index in [1.54, 1.807) is 4.90 Å². The summed E-state index contributed by atoms with van der Waals surface area (Å²) in [7, 11) is 0. The fourth-order valence-electron chi connectivity index (χ4n) is 2.97. The Hall–Kier alpha value is -1.06. The molecule has 0 aromatic carbocycles. The molecule has 4 heteroatoms. The third-order valence-electron chi connectivity index (χ3n) is 4.06. The second-order valence-corrected chi connectivity index (χ2v) is 6.06. The van der Waals surface area contributed by atoms with Crippen LogP contribution in [0.5, 0.6) is 0 Å². The van der Waals surface area contributed by atoms with Crippen molar-refractivity contribution in [2.75, 3.05) is 6.54 Å². The fraction of sp³-hybridized carbons (Fsp3) is 0.867. The van der Waals surface area contributed by atoms with Gasteiger partial charge in [0.05, 0.1) is 6.42 Å². The zero-order valence-corrected chi connectivity index (χ0v) is 12.4. The molecule has 1 amide bonds. The maximum atomic E-state index is 12.4. The molecule has 1 saturated carbocycles. The number of hydrogen-bond acceptors (Lipinski definition) is 2. The minimum atomic E-state index is -0.845. The zero-order valence-electron chi connectivity index (χ0n) is 12.4. The van der Waals surface area contributed by atoms with E-state index in [0.29, 0.717) is 12.5 Å². The summed E-state index contributed by atoms with van der Waals surface area (Å²) < 4.78 is 0. The standard InChI is InChI=1S/C15H27NO3/c1-11(2)16(9-8-14(17)18)15(19)12(3)10-13-6-4-5-7-13/h11-13H,4-10H2,1-3H3,(H,17,18). The number of carboxylic acid groups (broad SMARTS) is 1. The molecule has 1 aliphatic rings. The molecule has 0 heterocycles. The van der Waals surface area contributed by atoms with Gasteiger partial charge >= 0.3 is 5.97 Å². The van der Waals surface area contributed by atoms with Gasteiger partial charge in [0, 0.05) is 18.5 Å². The minimum absolute atomic E-state index is 0.0132. The van der Waals surface area contributed by atoms with E-state index in [4.69, 9.17) is 5.11 Å². The van der Waals surface area contributed by atoms with Gasteiger partial charge in [0.25, 0.3) is 0 Å². The SMILES string of the molecule is CC(CC1CCCC1)C(=O)N(CCC(=O)O)C(C)C. The van der Waals surface area contributed by atoms with Crippen molar-refractivity contribution in [3.63, 3.8) is 0 Å². The smallest absolute Gasteiger partial charge is 0.305 e. The minimum Gasteiger partial charge on any atom is -0.481 e. The van der Waals surface area contributed by atoms with Crippen molar-refractivity contribution in [1.29, 1.82) is 0 Å². The van der Waals surface area contributed by atoms with Crippen LogP contribution in [0.1, 0.15) is 59.3 Å². The molecule has 0 aliphatic heterocycles. The van der Waals surface area contributed by atoms with Crippen molar-refractivity contribution in [3.8, 4) is 0 Å². The first-order chi connectivity index (χ1) is 8.91. The van der Waals surface area contributed by atoms with Gasteiger partial charge in [0.1, 0.15) is 0 Å². The lowest BCUT2D eigenvalue weighted by Crippen LogP contribution is -2.41. The van der Waals surface area contributed by atoms with Crippen LogP contribution < -0.4 is 0 Å². The maximum Gasteiger partial charge on any atom is 0.305 e. The summed E-state index contributed by atoms with van der Waals surface area (Å²) in [5.74, 6) is -0.0308. The summed E-state index contributed by atoms with van der Waals surface area (Å²) in [6.07, 6.45) is 6.05. The lowest BCUT2D eigenvalue weighted by atomic mass is 9.93. The molecule has 0 aromatic rings. The van der Waals surface area contributed by atoms with E-state index < -0.39 is 5.97 Å². The lowest BCUT2D eigenvalue weighted by Gasteiger charge is -2.30. The molecule has 0 bridgehead atoms. The molecule has 4 nitrogen and oxygen atoms in total. The van der Waals surface area contributed by atoms with E-state index >= 15 is 0 Å². The van der Waals surface area contributed by atoms with Gasteiger partial charge in [-0.25, -0.2) is 0 Å². The molecule has 1 aliphatic carbocycles. The number of carboxylic acids is 1. The molecule has 1 rings (SSSR count). The highest BCUT2D eigenvalue weighted by atomic mass is 16.4. The summed E-state index contributed by atoms with van der Waals surface area (Å²) in [4.78, 5) is 24.8. The summed E-state index contributed by atoms with van der Waals surface area (Å²) in [5, 5.41) is 8.76. The van der Waals surface area contributed by atoms with Crippen LogP contribution in [0.25, 0.3) is 0 Å². The third kappa shape index (κ3) is 5.21. The van der Waals surface area contributed by atoms with E-state index in [-0.39, 0.29) is 24.3 Å². The average molecular weight is 269 g/mol. The van der Waals surface area contributed by atoms with Gasteiger partial charge < -0.3 is 10.0 Å². The number of hydrogen-bond donors (Lipinski definition) is 1. The van der Waals surface area contributed by atoms with Crippen LogP contribution in [0.3, 0.4) is 0 Å². The topological polar surface area (TPSA) is 57.6 Å². The van der Waals surface area contributed by atoms with E-state index in [1.165, 1.54) is 25.7 Å². The van der Waals surface area contributed by atoms with Gasteiger partial charge in [-0.15, -0.1) is 0 Å². The highest BCUT2D eigenvalue weighted by molar-refractivity contribution is 5.79. The maximum absolute atomic E-state index is 12.4. The van der Waals surface area contributed by atoms with E-state index in [1.807, 2.05) is 20.8 Å². The third-order valence-corrected chi connectivity index (χ3v) is 4.06. The van der Waals surface area contributed by atoms with Crippen molar-refractivity contribution in [3.05, 3.63) is 0 Å². The van der Waals surface area contributed by atoms with Gasteiger partial charge in [0.2, 0.25) is 5.91 Å².